The molecule has 0 aromatic heterocycles. The number of hydrogen-bond donors (Lipinski definition) is 3. The molecule has 0 spiro atoms. The number of nitrogens with zero attached hydrogens (tertiary/aromatic N) is 1. The maximum atomic E-state index is 14.4. The molecule has 0 radical (unpaired) electrons. The zero-order valence-corrected chi connectivity index (χ0v) is 12.7. The molecular formula is C15H21ClFN3O. The normalized spacial score (nSPS) is 29.3. The lowest BCUT2D eigenvalue weighted by Crippen LogP contribution is -2.53. The van der Waals surface area contributed by atoms with E-state index in [1.165, 1.54) is 6.07 Å². The topological polar surface area (TPSA) is 75.5 Å². The predicted octanol–water partition coefficient (Wildman–Crippen LogP) is 2.77. The van der Waals surface area contributed by atoms with E-state index in [2.05, 4.69) is 0 Å². The van der Waals surface area contributed by atoms with Crippen molar-refractivity contribution >= 4 is 28.7 Å². The average Bonchev–Trinajstić information content (AvgIpc) is 2.45. The molecule has 6 heteroatoms. The zero-order valence-electron chi connectivity index (χ0n) is 11.9. The first-order valence-electron chi connectivity index (χ1n) is 7.42. The number of nitrogens with two attached hydrogens (primary N) is 2. The number of nitrogen functional groups attached to an aromatic ring is 2. The van der Waals surface area contributed by atoms with Gasteiger partial charge in [-0.3, -0.25) is 0 Å². The molecule has 2 atom stereocenters. The van der Waals surface area contributed by atoms with Crippen LogP contribution in [0.4, 0.5) is 21.5 Å². The van der Waals surface area contributed by atoms with Gasteiger partial charge in [0.05, 0.1) is 22.7 Å². The Balaban J connectivity index is 1.91. The lowest BCUT2D eigenvalue weighted by Gasteiger charge is -2.48. The van der Waals surface area contributed by atoms with Crippen LogP contribution in [0.1, 0.15) is 32.1 Å². The van der Waals surface area contributed by atoms with Crippen LogP contribution in [0.2, 0.25) is 5.02 Å². The maximum Gasteiger partial charge on any atom is 0.169 e. The van der Waals surface area contributed by atoms with Crippen molar-refractivity contribution in [3.8, 4) is 0 Å². The fraction of sp³-hybridized carbons (Fsp3) is 0.600. The predicted molar refractivity (Wildman–Crippen MR) is 84.0 cm³/mol. The van der Waals surface area contributed by atoms with Crippen LogP contribution in [-0.4, -0.2) is 23.8 Å². The third-order valence-electron chi connectivity index (χ3n) is 4.98. The molecule has 3 rings (SSSR count). The molecule has 1 saturated carbocycles. The van der Waals surface area contributed by atoms with Crippen LogP contribution in [0, 0.1) is 11.7 Å². The molecule has 2 aliphatic rings. The van der Waals surface area contributed by atoms with Crippen LogP contribution < -0.4 is 16.4 Å². The van der Waals surface area contributed by atoms with Gasteiger partial charge in [-0.1, -0.05) is 24.4 Å². The SMILES string of the molecule is Nc1cc(N)c(N2CCC3(O)CCCCC3C2)c(F)c1Cl. The van der Waals surface area contributed by atoms with Crippen molar-refractivity contribution in [2.75, 3.05) is 29.5 Å². The fourth-order valence-corrected chi connectivity index (χ4v) is 3.90. The molecule has 1 aromatic carbocycles. The van der Waals surface area contributed by atoms with Gasteiger partial charge >= 0.3 is 0 Å². The lowest BCUT2D eigenvalue weighted by atomic mass is 9.71. The quantitative estimate of drug-likeness (QED) is 0.697. The van der Waals surface area contributed by atoms with Crippen LogP contribution in [-0.2, 0) is 0 Å². The first-order valence-corrected chi connectivity index (χ1v) is 7.80. The number of rotatable bonds is 1. The fourth-order valence-electron chi connectivity index (χ4n) is 3.75. The van der Waals surface area contributed by atoms with Gasteiger partial charge in [0.2, 0.25) is 0 Å². The summed E-state index contributed by atoms with van der Waals surface area (Å²) in [5.41, 5.74) is 11.8. The Hall–Kier alpha value is -1.20. The van der Waals surface area contributed by atoms with E-state index in [9.17, 15) is 9.50 Å². The molecule has 116 valence electrons. The summed E-state index contributed by atoms with van der Waals surface area (Å²) >= 11 is 5.91. The van der Waals surface area contributed by atoms with E-state index < -0.39 is 11.4 Å². The van der Waals surface area contributed by atoms with E-state index in [4.69, 9.17) is 23.1 Å². The number of aliphatic hydroxyl groups is 1. The standard InChI is InChI=1S/C15H21ClFN3O/c16-12-10(18)7-11(19)14(13(12)17)20-6-5-15(21)4-2-1-3-9(15)8-20/h7,9,21H,1-6,8,18-19H2. The number of fused-ring (bicyclic) bond motifs is 1. The molecule has 0 bridgehead atoms. The summed E-state index contributed by atoms with van der Waals surface area (Å²) < 4.78 is 14.4. The smallest absolute Gasteiger partial charge is 0.169 e. The largest absolute Gasteiger partial charge is 0.397 e. The van der Waals surface area contributed by atoms with E-state index in [1.807, 2.05) is 4.90 Å². The van der Waals surface area contributed by atoms with Gasteiger partial charge in [-0.05, 0) is 25.3 Å². The van der Waals surface area contributed by atoms with Crippen molar-refractivity contribution in [2.45, 2.75) is 37.7 Å². The van der Waals surface area contributed by atoms with E-state index in [0.717, 1.165) is 25.7 Å². The third kappa shape index (κ3) is 2.42. The Morgan fingerprint density at radius 1 is 1.29 bits per heavy atom. The number of benzene rings is 1. The summed E-state index contributed by atoms with van der Waals surface area (Å²) in [7, 11) is 0. The molecule has 1 saturated heterocycles. The maximum absolute atomic E-state index is 14.4. The Kier molecular flexibility index (Phi) is 3.66. The molecule has 5 N–H and O–H groups in total. The number of halogens is 2. The Labute approximate surface area is 128 Å². The number of hydrogen-bond acceptors (Lipinski definition) is 4. The second kappa shape index (κ2) is 5.21. The zero-order chi connectivity index (χ0) is 15.2. The summed E-state index contributed by atoms with van der Waals surface area (Å²) in [5, 5.41) is 10.6. The summed E-state index contributed by atoms with van der Waals surface area (Å²) in [6, 6.07) is 1.50. The Bertz CT molecular complexity index is 568. The van der Waals surface area contributed by atoms with Crippen LogP contribution in [0.15, 0.2) is 6.07 Å². The second-order valence-electron chi connectivity index (χ2n) is 6.27. The highest BCUT2D eigenvalue weighted by Gasteiger charge is 2.43. The molecule has 1 heterocycles. The number of anilines is 3. The van der Waals surface area contributed by atoms with Gasteiger partial charge in [0.1, 0.15) is 5.02 Å². The van der Waals surface area contributed by atoms with Gasteiger partial charge in [0, 0.05) is 19.0 Å². The molecule has 1 aliphatic carbocycles. The minimum atomic E-state index is -0.600. The van der Waals surface area contributed by atoms with Crippen molar-refractivity contribution in [1.29, 1.82) is 0 Å². The van der Waals surface area contributed by atoms with Crippen molar-refractivity contribution in [1.82, 2.24) is 0 Å². The molecule has 1 aliphatic heterocycles. The molecule has 2 fully saturated rings. The van der Waals surface area contributed by atoms with Gasteiger partial charge in [-0.25, -0.2) is 4.39 Å². The van der Waals surface area contributed by atoms with E-state index in [1.54, 1.807) is 0 Å². The first-order chi connectivity index (χ1) is 9.92. The molecule has 4 nitrogen and oxygen atoms in total. The summed E-state index contributed by atoms with van der Waals surface area (Å²) in [6.45, 7) is 1.19. The number of piperidine rings is 1. The Morgan fingerprint density at radius 2 is 2.05 bits per heavy atom. The van der Waals surface area contributed by atoms with Gasteiger partial charge in [-0.2, -0.15) is 0 Å². The monoisotopic (exact) mass is 313 g/mol. The lowest BCUT2D eigenvalue weighted by molar-refractivity contribution is -0.0613. The Morgan fingerprint density at radius 3 is 2.81 bits per heavy atom. The van der Waals surface area contributed by atoms with E-state index in [0.29, 0.717) is 30.9 Å². The highest BCUT2D eigenvalue weighted by Crippen LogP contribution is 2.43. The van der Waals surface area contributed by atoms with Gasteiger partial charge in [0.25, 0.3) is 0 Å². The summed E-state index contributed by atoms with van der Waals surface area (Å²) in [5.74, 6) is -0.398. The molecule has 2 unspecified atom stereocenters. The van der Waals surface area contributed by atoms with Crippen molar-refractivity contribution < 1.29 is 9.50 Å². The summed E-state index contributed by atoms with van der Waals surface area (Å²) in [4.78, 5) is 1.90. The molecule has 0 amide bonds. The van der Waals surface area contributed by atoms with Crippen molar-refractivity contribution in [3.63, 3.8) is 0 Å². The molecular weight excluding hydrogens is 293 g/mol. The van der Waals surface area contributed by atoms with Gasteiger partial charge in [0.15, 0.2) is 5.82 Å². The highest BCUT2D eigenvalue weighted by atomic mass is 35.5. The molecule has 1 aromatic rings. The van der Waals surface area contributed by atoms with E-state index in [-0.39, 0.29) is 16.6 Å². The van der Waals surface area contributed by atoms with Crippen LogP contribution in [0.5, 0.6) is 0 Å². The third-order valence-corrected chi connectivity index (χ3v) is 5.37. The van der Waals surface area contributed by atoms with Gasteiger partial charge < -0.3 is 21.5 Å². The highest BCUT2D eigenvalue weighted by molar-refractivity contribution is 6.33. The van der Waals surface area contributed by atoms with Crippen LogP contribution in [0.25, 0.3) is 0 Å². The minimum Gasteiger partial charge on any atom is -0.397 e. The van der Waals surface area contributed by atoms with Crippen molar-refractivity contribution in [2.24, 2.45) is 5.92 Å². The summed E-state index contributed by atoms with van der Waals surface area (Å²) in [6.07, 6.45) is 4.63. The van der Waals surface area contributed by atoms with Crippen molar-refractivity contribution in [3.05, 3.63) is 16.9 Å². The van der Waals surface area contributed by atoms with Gasteiger partial charge in [-0.15, -0.1) is 0 Å². The van der Waals surface area contributed by atoms with E-state index >= 15 is 0 Å². The second-order valence-corrected chi connectivity index (χ2v) is 6.65. The molecule has 21 heavy (non-hydrogen) atoms. The minimum absolute atomic E-state index is 0.0799. The average molecular weight is 314 g/mol. The first kappa shape index (κ1) is 14.7. The van der Waals surface area contributed by atoms with Crippen LogP contribution in [0.3, 0.4) is 0 Å². The van der Waals surface area contributed by atoms with Crippen LogP contribution >= 0.6 is 11.6 Å².